The topological polar surface area (TPSA) is 96.4 Å². The number of hydroxylamine groups is 1. The van der Waals surface area contributed by atoms with Gasteiger partial charge < -0.3 is 10.6 Å². The highest BCUT2D eigenvalue weighted by Gasteiger charge is 2.43. The van der Waals surface area contributed by atoms with Gasteiger partial charge in [-0.1, -0.05) is 6.07 Å². The molecule has 1 aromatic rings. The molecule has 9 heteroatoms. The third-order valence-corrected chi connectivity index (χ3v) is 1.82. The van der Waals surface area contributed by atoms with Crippen molar-refractivity contribution in [2.75, 3.05) is 5.06 Å². The van der Waals surface area contributed by atoms with Crippen LogP contribution in [0.3, 0.4) is 0 Å². The Labute approximate surface area is 104 Å². The van der Waals surface area contributed by atoms with Crippen molar-refractivity contribution in [3.8, 4) is 6.07 Å². The van der Waals surface area contributed by atoms with Crippen LogP contribution in [0.4, 0.5) is 23.7 Å². The van der Waals surface area contributed by atoms with Crippen LogP contribution in [0.5, 0.6) is 0 Å². The summed E-state index contributed by atoms with van der Waals surface area (Å²) in [4.78, 5) is 25.5. The first kappa shape index (κ1) is 14.3. The fraction of sp³-hybridized carbons (Fsp3) is 0.100. The number of nitriles is 1. The molecule has 0 bridgehead atoms. The summed E-state index contributed by atoms with van der Waals surface area (Å²) < 4.78 is 36.1. The van der Waals surface area contributed by atoms with Crippen molar-refractivity contribution in [1.82, 2.24) is 0 Å². The number of hydrogen-bond acceptors (Lipinski definition) is 4. The van der Waals surface area contributed by atoms with Gasteiger partial charge in [0.2, 0.25) is 0 Å². The maximum absolute atomic E-state index is 12.0. The Morgan fingerprint density at radius 3 is 2.47 bits per heavy atom. The van der Waals surface area contributed by atoms with E-state index in [2.05, 4.69) is 4.84 Å². The van der Waals surface area contributed by atoms with Crippen molar-refractivity contribution in [2.24, 2.45) is 5.73 Å². The highest BCUT2D eigenvalue weighted by atomic mass is 19.4. The molecule has 100 valence electrons. The zero-order valence-electron chi connectivity index (χ0n) is 9.14. The fourth-order valence-electron chi connectivity index (χ4n) is 1.06. The van der Waals surface area contributed by atoms with E-state index < -0.39 is 18.2 Å². The quantitative estimate of drug-likeness (QED) is 0.783. The number of carbonyl (C=O) groups is 2. The second kappa shape index (κ2) is 5.26. The van der Waals surface area contributed by atoms with Gasteiger partial charge in [-0.25, -0.2) is 9.59 Å². The molecule has 0 saturated carbocycles. The molecule has 0 atom stereocenters. The predicted molar refractivity (Wildman–Crippen MR) is 55.4 cm³/mol. The molecule has 1 rings (SSSR count). The van der Waals surface area contributed by atoms with Gasteiger partial charge in [-0.05, 0) is 18.2 Å². The van der Waals surface area contributed by atoms with Crippen LogP contribution >= 0.6 is 0 Å². The molecular formula is C10H6F3N3O3. The van der Waals surface area contributed by atoms with E-state index in [1.807, 2.05) is 0 Å². The Bertz CT molecular complexity index is 551. The largest absolute Gasteiger partial charge is 0.493 e. The Balaban J connectivity index is 3.05. The second-order valence-electron chi connectivity index (χ2n) is 3.17. The standard InChI is InChI=1S/C10H6F3N3O3/c11-10(12,13)8(17)19-16(9(15)18)7-3-1-2-6(4-7)5-14/h1-4H,(H2,15,18). The van der Waals surface area contributed by atoms with Gasteiger partial charge in [-0.2, -0.15) is 18.4 Å². The minimum atomic E-state index is -5.28. The maximum atomic E-state index is 12.0. The zero-order valence-corrected chi connectivity index (χ0v) is 9.14. The lowest BCUT2D eigenvalue weighted by Crippen LogP contribution is -2.41. The van der Waals surface area contributed by atoms with Crippen LogP contribution in [0.15, 0.2) is 24.3 Å². The summed E-state index contributed by atoms with van der Waals surface area (Å²) in [5.41, 5.74) is 4.59. The van der Waals surface area contributed by atoms with Crippen molar-refractivity contribution < 1.29 is 27.6 Å². The smallest absolute Gasteiger partial charge is 0.349 e. The van der Waals surface area contributed by atoms with Gasteiger partial charge in [0.1, 0.15) is 0 Å². The molecule has 19 heavy (non-hydrogen) atoms. The summed E-state index contributed by atoms with van der Waals surface area (Å²) in [6.45, 7) is 0. The fourth-order valence-corrected chi connectivity index (χ4v) is 1.06. The molecule has 0 aromatic heterocycles. The molecular weight excluding hydrogens is 267 g/mol. The summed E-state index contributed by atoms with van der Waals surface area (Å²) >= 11 is 0. The number of rotatable bonds is 1. The molecule has 2 amide bonds. The Morgan fingerprint density at radius 1 is 1.37 bits per heavy atom. The van der Waals surface area contributed by atoms with E-state index in [1.54, 1.807) is 6.07 Å². The average molecular weight is 273 g/mol. The van der Waals surface area contributed by atoms with E-state index in [0.29, 0.717) is 0 Å². The van der Waals surface area contributed by atoms with E-state index in [-0.39, 0.29) is 16.3 Å². The molecule has 0 aliphatic heterocycles. The van der Waals surface area contributed by atoms with Crippen molar-refractivity contribution in [3.63, 3.8) is 0 Å². The van der Waals surface area contributed by atoms with Gasteiger partial charge in [0.15, 0.2) is 0 Å². The third-order valence-electron chi connectivity index (χ3n) is 1.82. The number of anilines is 1. The van der Waals surface area contributed by atoms with Crippen molar-refractivity contribution in [1.29, 1.82) is 5.26 Å². The lowest BCUT2D eigenvalue weighted by Gasteiger charge is -2.19. The van der Waals surface area contributed by atoms with Gasteiger partial charge in [-0.15, -0.1) is 5.06 Å². The van der Waals surface area contributed by atoms with E-state index >= 15 is 0 Å². The van der Waals surface area contributed by atoms with Crippen LogP contribution < -0.4 is 10.8 Å². The number of carbonyl (C=O) groups excluding carboxylic acids is 2. The molecule has 0 heterocycles. The van der Waals surface area contributed by atoms with Crippen molar-refractivity contribution in [3.05, 3.63) is 29.8 Å². The zero-order chi connectivity index (χ0) is 14.6. The van der Waals surface area contributed by atoms with Gasteiger partial charge >= 0.3 is 18.2 Å². The first-order valence-electron chi connectivity index (χ1n) is 4.64. The number of hydrogen-bond donors (Lipinski definition) is 1. The number of benzene rings is 1. The third kappa shape index (κ3) is 3.60. The van der Waals surface area contributed by atoms with Crippen LogP contribution in [0.1, 0.15) is 5.56 Å². The molecule has 0 spiro atoms. The summed E-state index contributed by atoms with van der Waals surface area (Å²) in [5, 5.41) is 8.58. The number of alkyl halides is 3. The normalized spacial score (nSPS) is 10.4. The molecule has 0 aliphatic carbocycles. The number of primary amides is 1. The van der Waals surface area contributed by atoms with Crippen molar-refractivity contribution in [2.45, 2.75) is 6.18 Å². The summed E-state index contributed by atoms with van der Waals surface area (Å²) in [7, 11) is 0. The maximum Gasteiger partial charge on any atom is 0.493 e. The second-order valence-corrected chi connectivity index (χ2v) is 3.17. The van der Waals surface area contributed by atoms with Crippen molar-refractivity contribution >= 4 is 17.7 Å². The number of nitrogens with two attached hydrogens (primary N) is 1. The lowest BCUT2D eigenvalue weighted by molar-refractivity contribution is -0.199. The number of nitrogens with zero attached hydrogens (tertiary/aromatic N) is 2. The summed E-state index contributed by atoms with van der Waals surface area (Å²) in [5.74, 6) is -2.60. The van der Waals surface area contributed by atoms with E-state index in [0.717, 1.165) is 12.1 Å². The molecule has 6 nitrogen and oxygen atoms in total. The minimum Gasteiger partial charge on any atom is -0.349 e. The van der Waals surface area contributed by atoms with Crippen LogP contribution in [-0.2, 0) is 9.63 Å². The highest BCUT2D eigenvalue weighted by molar-refractivity contribution is 5.91. The number of amides is 2. The van der Waals surface area contributed by atoms with Crippen LogP contribution in [0.2, 0.25) is 0 Å². The molecule has 1 aromatic carbocycles. The molecule has 0 aliphatic rings. The van der Waals surface area contributed by atoms with Gasteiger partial charge in [0.25, 0.3) is 0 Å². The monoisotopic (exact) mass is 273 g/mol. The van der Waals surface area contributed by atoms with E-state index in [1.165, 1.54) is 12.1 Å². The van der Waals surface area contributed by atoms with Crippen LogP contribution in [-0.4, -0.2) is 18.2 Å². The molecule has 0 radical (unpaired) electrons. The Morgan fingerprint density at radius 2 is 2.00 bits per heavy atom. The molecule has 0 fully saturated rings. The first-order chi connectivity index (χ1) is 8.75. The van der Waals surface area contributed by atoms with Gasteiger partial charge in [0.05, 0.1) is 17.3 Å². The number of urea groups is 1. The summed E-state index contributed by atoms with van der Waals surface area (Å²) in [6.07, 6.45) is -5.28. The average Bonchev–Trinajstić information content (AvgIpc) is 2.34. The highest BCUT2D eigenvalue weighted by Crippen LogP contribution is 2.21. The van der Waals surface area contributed by atoms with E-state index in [4.69, 9.17) is 11.0 Å². The minimum absolute atomic E-state index is 0.0450. The van der Waals surface area contributed by atoms with Gasteiger partial charge in [-0.3, -0.25) is 0 Å². The van der Waals surface area contributed by atoms with E-state index in [9.17, 15) is 22.8 Å². The van der Waals surface area contributed by atoms with Crippen LogP contribution in [0, 0.1) is 11.3 Å². The SMILES string of the molecule is N#Cc1cccc(N(OC(=O)C(F)(F)F)C(N)=O)c1. The first-order valence-corrected chi connectivity index (χ1v) is 4.64. The molecule has 0 unspecified atom stereocenters. The Kier molecular flexibility index (Phi) is 3.96. The molecule has 0 saturated heterocycles. The Hall–Kier alpha value is -2.76. The number of halogens is 3. The lowest BCUT2D eigenvalue weighted by atomic mass is 10.2. The predicted octanol–water partition coefficient (Wildman–Crippen LogP) is 1.46. The summed E-state index contributed by atoms with van der Waals surface area (Å²) in [6, 6.07) is 5.07. The molecule has 2 N–H and O–H groups in total. The van der Waals surface area contributed by atoms with Crippen LogP contribution in [0.25, 0.3) is 0 Å². The van der Waals surface area contributed by atoms with Gasteiger partial charge in [0, 0.05) is 0 Å².